The summed E-state index contributed by atoms with van der Waals surface area (Å²) in [4.78, 5) is 24.2. The van der Waals surface area contributed by atoms with Crippen LogP contribution in [0.5, 0.6) is 11.5 Å². The number of carbonyl (C=O) groups excluding carboxylic acids is 1. The highest BCUT2D eigenvalue weighted by Gasteiger charge is 2.10. The van der Waals surface area contributed by atoms with Crippen molar-refractivity contribution < 1.29 is 13.9 Å². The van der Waals surface area contributed by atoms with Gasteiger partial charge < -0.3 is 14.5 Å². The second-order valence-electron chi connectivity index (χ2n) is 6.73. The summed E-state index contributed by atoms with van der Waals surface area (Å²) < 4.78 is 12.4. The van der Waals surface area contributed by atoms with Gasteiger partial charge in [-0.05, 0) is 55.5 Å². The molecule has 1 amide bonds. The molecule has 0 radical (unpaired) electrons. The first-order chi connectivity index (χ1) is 14.1. The standard InChI is InChI=1S/C23H20N2O4/c1-16-6-10-18(11-7-16)28-19-12-8-17(9-13-19)24-22(26)14-15-25-20-4-2-3-5-21(20)29-23(25)27/h2-13H,14-15H2,1H3,(H,24,26). The Hall–Kier alpha value is -3.80. The highest BCUT2D eigenvalue weighted by molar-refractivity contribution is 5.90. The molecular formula is C23H20N2O4. The number of benzene rings is 3. The Kier molecular flexibility index (Phi) is 5.16. The average Bonchev–Trinajstić information content (AvgIpc) is 3.04. The number of nitrogens with zero attached hydrogens (tertiary/aromatic N) is 1. The maximum atomic E-state index is 12.3. The Bertz CT molecular complexity index is 1190. The third-order valence-electron chi connectivity index (χ3n) is 4.53. The number of oxazole rings is 1. The van der Waals surface area contributed by atoms with Crippen molar-refractivity contribution in [2.45, 2.75) is 19.9 Å². The molecule has 0 unspecified atom stereocenters. The Morgan fingerprint density at radius 3 is 2.34 bits per heavy atom. The summed E-state index contributed by atoms with van der Waals surface area (Å²) >= 11 is 0. The van der Waals surface area contributed by atoms with Crippen LogP contribution in [0.4, 0.5) is 5.69 Å². The molecule has 0 aliphatic carbocycles. The second kappa shape index (κ2) is 8.06. The van der Waals surface area contributed by atoms with Crippen molar-refractivity contribution in [2.75, 3.05) is 5.32 Å². The molecule has 0 bridgehead atoms. The van der Waals surface area contributed by atoms with Crippen molar-refractivity contribution >= 4 is 22.7 Å². The molecule has 0 aliphatic rings. The second-order valence-corrected chi connectivity index (χ2v) is 6.73. The topological polar surface area (TPSA) is 73.5 Å². The highest BCUT2D eigenvalue weighted by atomic mass is 16.5. The van der Waals surface area contributed by atoms with E-state index >= 15 is 0 Å². The maximum Gasteiger partial charge on any atom is 0.419 e. The highest BCUT2D eigenvalue weighted by Crippen LogP contribution is 2.23. The molecule has 3 aromatic carbocycles. The van der Waals surface area contributed by atoms with Gasteiger partial charge in [0.15, 0.2) is 5.58 Å². The first kappa shape index (κ1) is 18.6. The number of anilines is 1. The largest absolute Gasteiger partial charge is 0.457 e. The van der Waals surface area contributed by atoms with Gasteiger partial charge in [0, 0.05) is 18.7 Å². The first-order valence-corrected chi connectivity index (χ1v) is 9.31. The molecule has 0 fully saturated rings. The Labute approximate surface area is 167 Å². The Morgan fingerprint density at radius 2 is 1.62 bits per heavy atom. The van der Waals surface area contributed by atoms with Gasteiger partial charge in [0.2, 0.25) is 5.91 Å². The third-order valence-corrected chi connectivity index (χ3v) is 4.53. The Morgan fingerprint density at radius 1 is 0.966 bits per heavy atom. The molecule has 29 heavy (non-hydrogen) atoms. The maximum absolute atomic E-state index is 12.3. The summed E-state index contributed by atoms with van der Waals surface area (Å²) in [6.45, 7) is 2.27. The van der Waals surface area contributed by atoms with Gasteiger partial charge in [0.1, 0.15) is 11.5 Å². The van der Waals surface area contributed by atoms with Crippen LogP contribution in [0.25, 0.3) is 11.1 Å². The van der Waals surface area contributed by atoms with Gasteiger partial charge in [0.05, 0.1) is 5.52 Å². The van der Waals surface area contributed by atoms with E-state index in [2.05, 4.69) is 5.32 Å². The van der Waals surface area contributed by atoms with Crippen LogP contribution < -0.4 is 15.8 Å². The molecule has 0 saturated heterocycles. The number of para-hydroxylation sites is 2. The zero-order chi connectivity index (χ0) is 20.2. The van der Waals surface area contributed by atoms with Crippen LogP contribution in [0.2, 0.25) is 0 Å². The molecule has 0 aliphatic heterocycles. The molecule has 146 valence electrons. The summed E-state index contributed by atoms with van der Waals surface area (Å²) in [5, 5.41) is 2.83. The molecule has 1 aromatic heterocycles. The van der Waals surface area contributed by atoms with Crippen molar-refractivity contribution in [2.24, 2.45) is 0 Å². The van der Waals surface area contributed by atoms with E-state index in [4.69, 9.17) is 9.15 Å². The van der Waals surface area contributed by atoms with E-state index in [9.17, 15) is 9.59 Å². The van der Waals surface area contributed by atoms with Crippen LogP contribution in [0.1, 0.15) is 12.0 Å². The number of aryl methyl sites for hydroxylation is 2. The SMILES string of the molecule is Cc1ccc(Oc2ccc(NC(=O)CCn3c(=O)oc4ccccc43)cc2)cc1. The van der Waals surface area contributed by atoms with Gasteiger partial charge in [-0.3, -0.25) is 9.36 Å². The lowest BCUT2D eigenvalue weighted by molar-refractivity contribution is -0.116. The number of rotatable bonds is 6. The molecule has 1 N–H and O–H groups in total. The molecule has 4 aromatic rings. The molecule has 0 spiro atoms. The smallest absolute Gasteiger partial charge is 0.419 e. The number of hydrogen-bond donors (Lipinski definition) is 1. The molecule has 0 atom stereocenters. The minimum atomic E-state index is -0.461. The van der Waals surface area contributed by atoms with Gasteiger partial charge in [-0.25, -0.2) is 4.79 Å². The number of aromatic nitrogens is 1. The van der Waals surface area contributed by atoms with Gasteiger partial charge in [-0.1, -0.05) is 29.8 Å². The molecule has 0 saturated carbocycles. The quantitative estimate of drug-likeness (QED) is 0.518. The van der Waals surface area contributed by atoms with E-state index in [0.717, 1.165) is 5.75 Å². The lowest BCUT2D eigenvalue weighted by Crippen LogP contribution is -2.19. The average molecular weight is 388 g/mol. The van der Waals surface area contributed by atoms with E-state index in [1.165, 1.54) is 10.1 Å². The van der Waals surface area contributed by atoms with Gasteiger partial charge in [0.25, 0.3) is 0 Å². The number of ether oxygens (including phenoxy) is 1. The van der Waals surface area contributed by atoms with Gasteiger partial charge >= 0.3 is 5.76 Å². The van der Waals surface area contributed by atoms with Gasteiger partial charge in [-0.15, -0.1) is 0 Å². The fraction of sp³-hybridized carbons (Fsp3) is 0.130. The predicted molar refractivity (Wildman–Crippen MR) is 111 cm³/mol. The van der Waals surface area contributed by atoms with E-state index in [1.54, 1.807) is 42.5 Å². The Balaban J connectivity index is 1.35. The fourth-order valence-corrected chi connectivity index (χ4v) is 3.01. The molecule has 6 heteroatoms. The zero-order valence-electron chi connectivity index (χ0n) is 15.9. The molecule has 4 rings (SSSR count). The number of carbonyl (C=O) groups is 1. The summed E-state index contributed by atoms with van der Waals surface area (Å²) in [6, 6.07) is 22.1. The van der Waals surface area contributed by atoms with Crippen LogP contribution in [0.3, 0.4) is 0 Å². The van der Waals surface area contributed by atoms with Crippen molar-refractivity contribution in [3.05, 3.63) is 88.9 Å². The van der Waals surface area contributed by atoms with E-state index in [0.29, 0.717) is 22.5 Å². The van der Waals surface area contributed by atoms with E-state index in [1.807, 2.05) is 37.3 Å². The number of fused-ring (bicyclic) bond motifs is 1. The first-order valence-electron chi connectivity index (χ1n) is 9.31. The monoisotopic (exact) mass is 388 g/mol. The molecule has 1 heterocycles. The van der Waals surface area contributed by atoms with Crippen molar-refractivity contribution in [3.8, 4) is 11.5 Å². The summed E-state index contributed by atoms with van der Waals surface area (Å²) in [5.41, 5.74) is 3.03. The molecule has 6 nitrogen and oxygen atoms in total. The summed E-state index contributed by atoms with van der Waals surface area (Å²) in [7, 11) is 0. The van der Waals surface area contributed by atoms with Crippen molar-refractivity contribution in [1.82, 2.24) is 4.57 Å². The van der Waals surface area contributed by atoms with E-state index < -0.39 is 5.76 Å². The predicted octanol–water partition coefficient (Wildman–Crippen LogP) is 4.72. The van der Waals surface area contributed by atoms with Crippen LogP contribution in [0, 0.1) is 6.92 Å². The van der Waals surface area contributed by atoms with Crippen LogP contribution in [0.15, 0.2) is 82.0 Å². The minimum Gasteiger partial charge on any atom is -0.457 e. The normalized spacial score (nSPS) is 10.8. The summed E-state index contributed by atoms with van der Waals surface area (Å²) in [6.07, 6.45) is 0.158. The number of amides is 1. The lowest BCUT2D eigenvalue weighted by atomic mass is 10.2. The van der Waals surface area contributed by atoms with Crippen LogP contribution in [-0.2, 0) is 11.3 Å². The van der Waals surface area contributed by atoms with Crippen molar-refractivity contribution in [1.29, 1.82) is 0 Å². The van der Waals surface area contributed by atoms with E-state index in [-0.39, 0.29) is 18.9 Å². The van der Waals surface area contributed by atoms with Crippen LogP contribution in [-0.4, -0.2) is 10.5 Å². The number of nitrogens with one attached hydrogen (secondary N) is 1. The lowest BCUT2D eigenvalue weighted by Gasteiger charge is -2.08. The van der Waals surface area contributed by atoms with Crippen LogP contribution >= 0.6 is 0 Å². The fourth-order valence-electron chi connectivity index (χ4n) is 3.01. The van der Waals surface area contributed by atoms with Crippen molar-refractivity contribution in [3.63, 3.8) is 0 Å². The zero-order valence-corrected chi connectivity index (χ0v) is 15.9. The van der Waals surface area contributed by atoms with Gasteiger partial charge in [-0.2, -0.15) is 0 Å². The molecular weight excluding hydrogens is 368 g/mol. The minimum absolute atomic E-state index is 0.158. The number of hydrogen-bond acceptors (Lipinski definition) is 4. The summed E-state index contributed by atoms with van der Waals surface area (Å²) in [5.74, 6) is 0.791. The third kappa shape index (κ3) is 4.38.